The molecule has 1 heterocycles. The molecule has 0 fully saturated rings. The zero-order valence-corrected chi connectivity index (χ0v) is 13.6. The molecule has 1 rings (SSSR count). The SMILES string of the molecule is CN1C(C)(C)CC(OS(=O)(=O)C(F)(F)F)=C(C(=O)O)C1(C)C. The smallest absolute Gasteiger partial charge is 0.478 e. The van der Waals surface area contributed by atoms with Gasteiger partial charge in [-0.1, -0.05) is 0 Å². The number of halogens is 3. The van der Waals surface area contributed by atoms with E-state index in [9.17, 15) is 31.5 Å². The monoisotopic (exact) mass is 345 g/mol. The summed E-state index contributed by atoms with van der Waals surface area (Å²) in [5.41, 5.74) is -8.15. The second kappa shape index (κ2) is 5.12. The molecule has 1 aliphatic rings. The Morgan fingerprint density at radius 3 is 2.09 bits per heavy atom. The van der Waals surface area contributed by atoms with Crippen LogP contribution >= 0.6 is 0 Å². The average Bonchev–Trinajstić information content (AvgIpc) is 2.22. The Balaban J connectivity index is 3.52. The molecule has 0 spiro atoms. The predicted octanol–water partition coefficient (Wildman–Crippen LogP) is 2.08. The number of carbonyl (C=O) groups is 1. The van der Waals surface area contributed by atoms with Crippen molar-refractivity contribution >= 4 is 16.1 Å². The van der Waals surface area contributed by atoms with E-state index in [1.165, 1.54) is 13.8 Å². The summed E-state index contributed by atoms with van der Waals surface area (Å²) in [6, 6.07) is 0. The van der Waals surface area contributed by atoms with Gasteiger partial charge in [0.05, 0.1) is 11.1 Å². The first-order chi connectivity index (χ1) is 9.54. The van der Waals surface area contributed by atoms with Gasteiger partial charge in [-0.05, 0) is 34.7 Å². The zero-order chi connectivity index (χ0) is 17.7. The highest BCUT2D eigenvalue weighted by Crippen LogP contribution is 2.42. The quantitative estimate of drug-likeness (QED) is 0.623. The van der Waals surface area contributed by atoms with Crippen LogP contribution in [0.15, 0.2) is 11.3 Å². The fourth-order valence-corrected chi connectivity index (χ4v) is 3.00. The van der Waals surface area contributed by atoms with Crippen LogP contribution in [0, 0.1) is 0 Å². The number of aliphatic carboxylic acids is 1. The summed E-state index contributed by atoms with van der Waals surface area (Å²) >= 11 is 0. The van der Waals surface area contributed by atoms with Crippen molar-refractivity contribution in [2.24, 2.45) is 0 Å². The molecule has 0 aliphatic carbocycles. The Morgan fingerprint density at radius 2 is 1.73 bits per heavy atom. The van der Waals surface area contributed by atoms with Gasteiger partial charge in [-0.15, -0.1) is 0 Å². The van der Waals surface area contributed by atoms with Crippen molar-refractivity contribution in [1.82, 2.24) is 4.90 Å². The van der Waals surface area contributed by atoms with E-state index in [4.69, 9.17) is 0 Å². The van der Waals surface area contributed by atoms with Crippen molar-refractivity contribution in [3.05, 3.63) is 11.3 Å². The Labute approximate surface area is 126 Å². The normalized spacial score (nSPS) is 22.5. The minimum absolute atomic E-state index is 0.288. The van der Waals surface area contributed by atoms with Crippen LogP contribution < -0.4 is 0 Å². The molecule has 0 aromatic rings. The van der Waals surface area contributed by atoms with Crippen molar-refractivity contribution < 1.29 is 35.7 Å². The minimum Gasteiger partial charge on any atom is -0.478 e. The third kappa shape index (κ3) is 3.07. The highest BCUT2D eigenvalue weighted by atomic mass is 32.2. The summed E-state index contributed by atoms with van der Waals surface area (Å²) in [5.74, 6) is -2.22. The van der Waals surface area contributed by atoms with Crippen LogP contribution in [0.5, 0.6) is 0 Å². The van der Waals surface area contributed by atoms with Gasteiger partial charge in [0.2, 0.25) is 0 Å². The largest absolute Gasteiger partial charge is 0.534 e. The van der Waals surface area contributed by atoms with Crippen LogP contribution in [0.2, 0.25) is 0 Å². The molecule has 0 aromatic heterocycles. The van der Waals surface area contributed by atoms with Crippen molar-refractivity contribution in [3.8, 4) is 0 Å². The number of carboxylic acids is 1. The highest BCUT2D eigenvalue weighted by molar-refractivity contribution is 7.87. The third-order valence-electron chi connectivity index (χ3n) is 3.94. The van der Waals surface area contributed by atoms with Crippen LogP contribution in [0.3, 0.4) is 0 Å². The summed E-state index contributed by atoms with van der Waals surface area (Å²) in [7, 11) is -4.31. The summed E-state index contributed by atoms with van der Waals surface area (Å²) in [6.45, 7) is 6.25. The first kappa shape index (κ1) is 18.8. The number of likely N-dealkylation sites (N-methyl/N-ethyl adjacent to an activating group) is 1. The Hall–Kier alpha value is -1.29. The van der Waals surface area contributed by atoms with Crippen LogP contribution in [-0.4, -0.2) is 48.0 Å². The molecular formula is C12H18F3NO5S. The van der Waals surface area contributed by atoms with Gasteiger partial charge in [0.25, 0.3) is 0 Å². The topological polar surface area (TPSA) is 83.9 Å². The molecule has 1 aliphatic heterocycles. The first-order valence-electron chi connectivity index (χ1n) is 6.25. The summed E-state index contributed by atoms with van der Waals surface area (Å²) in [5, 5.41) is 9.29. The van der Waals surface area contributed by atoms with E-state index in [2.05, 4.69) is 4.18 Å². The molecule has 0 bridgehead atoms. The third-order valence-corrected chi connectivity index (χ3v) is 4.93. The fraction of sp³-hybridized carbons (Fsp3) is 0.750. The van der Waals surface area contributed by atoms with Gasteiger partial charge in [-0.3, -0.25) is 4.90 Å². The van der Waals surface area contributed by atoms with Gasteiger partial charge in [0.15, 0.2) is 0 Å². The summed E-state index contributed by atoms with van der Waals surface area (Å²) in [6.07, 6.45) is -0.288. The zero-order valence-electron chi connectivity index (χ0n) is 12.8. The first-order valence-corrected chi connectivity index (χ1v) is 7.66. The van der Waals surface area contributed by atoms with Gasteiger partial charge < -0.3 is 9.29 Å². The molecule has 0 atom stereocenters. The summed E-state index contributed by atoms with van der Waals surface area (Å²) in [4.78, 5) is 13.1. The van der Waals surface area contributed by atoms with E-state index in [0.29, 0.717) is 0 Å². The van der Waals surface area contributed by atoms with Gasteiger partial charge >= 0.3 is 21.6 Å². The standard InChI is InChI=1S/C12H18F3NO5S/c1-10(2)6-7(21-22(19,20)12(13,14)15)8(9(17)18)11(3,4)16(10)5/h6H2,1-5H3,(H,17,18). The lowest BCUT2D eigenvalue weighted by Gasteiger charge is -2.50. The van der Waals surface area contributed by atoms with Crippen molar-refractivity contribution in [1.29, 1.82) is 0 Å². The van der Waals surface area contributed by atoms with Crippen LogP contribution in [0.4, 0.5) is 13.2 Å². The molecule has 128 valence electrons. The molecule has 0 aromatic carbocycles. The Kier molecular flexibility index (Phi) is 4.37. The van der Waals surface area contributed by atoms with E-state index >= 15 is 0 Å². The molecule has 0 unspecified atom stereocenters. The molecule has 1 N–H and O–H groups in total. The maximum atomic E-state index is 12.5. The van der Waals surface area contributed by atoms with Gasteiger partial charge in [0.1, 0.15) is 5.76 Å². The molecule has 0 saturated heterocycles. The van der Waals surface area contributed by atoms with Crippen molar-refractivity contribution in [2.75, 3.05) is 7.05 Å². The molecule has 10 heteroatoms. The van der Waals surface area contributed by atoms with E-state index in [1.54, 1.807) is 25.8 Å². The second-order valence-electron chi connectivity index (χ2n) is 6.19. The Morgan fingerprint density at radius 1 is 1.27 bits per heavy atom. The number of nitrogens with zero attached hydrogens (tertiary/aromatic N) is 1. The molecule has 0 amide bonds. The maximum Gasteiger partial charge on any atom is 0.534 e. The molecule has 6 nitrogen and oxygen atoms in total. The van der Waals surface area contributed by atoms with Crippen LogP contribution in [0.1, 0.15) is 34.1 Å². The van der Waals surface area contributed by atoms with Crippen LogP contribution in [0.25, 0.3) is 0 Å². The predicted molar refractivity (Wildman–Crippen MR) is 71.3 cm³/mol. The highest BCUT2D eigenvalue weighted by Gasteiger charge is 2.53. The number of hydrogen-bond donors (Lipinski definition) is 1. The molecule has 0 radical (unpaired) electrons. The minimum atomic E-state index is -5.92. The van der Waals surface area contributed by atoms with Gasteiger partial charge in [-0.2, -0.15) is 21.6 Å². The summed E-state index contributed by atoms with van der Waals surface area (Å²) < 4.78 is 64.0. The molecular weight excluding hydrogens is 327 g/mol. The van der Waals surface area contributed by atoms with Crippen molar-refractivity contribution in [2.45, 2.75) is 50.7 Å². The van der Waals surface area contributed by atoms with E-state index < -0.39 is 44.0 Å². The molecule has 0 saturated carbocycles. The lowest BCUT2D eigenvalue weighted by Crippen LogP contribution is -2.59. The number of carboxylic acid groups (broad SMARTS) is 1. The second-order valence-corrected chi connectivity index (χ2v) is 7.73. The Bertz CT molecular complexity index is 619. The van der Waals surface area contributed by atoms with E-state index in [1.807, 2.05) is 0 Å². The van der Waals surface area contributed by atoms with Crippen LogP contribution in [-0.2, 0) is 19.1 Å². The van der Waals surface area contributed by atoms with E-state index in [0.717, 1.165) is 0 Å². The lowest BCUT2D eigenvalue weighted by molar-refractivity contribution is -0.135. The molecule has 22 heavy (non-hydrogen) atoms. The number of hydrogen-bond acceptors (Lipinski definition) is 5. The van der Waals surface area contributed by atoms with Gasteiger partial charge in [-0.25, -0.2) is 4.79 Å². The maximum absolute atomic E-state index is 12.5. The fourth-order valence-electron chi connectivity index (χ4n) is 2.50. The number of alkyl halides is 3. The van der Waals surface area contributed by atoms with Crippen molar-refractivity contribution in [3.63, 3.8) is 0 Å². The lowest BCUT2D eigenvalue weighted by atomic mass is 9.79. The number of rotatable bonds is 3. The van der Waals surface area contributed by atoms with E-state index in [-0.39, 0.29) is 6.42 Å². The average molecular weight is 345 g/mol. The van der Waals surface area contributed by atoms with Gasteiger partial charge in [0, 0.05) is 12.0 Å².